The molecule has 0 spiro atoms. The van der Waals surface area contributed by atoms with Crippen molar-refractivity contribution in [3.05, 3.63) is 29.7 Å². The first kappa shape index (κ1) is 13.2. The predicted molar refractivity (Wildman–Crippen MR) is 81.9 cm³/mol. The van der Waals surface area contributed by atoms with Crippen LogP contribution in [0.3, 0.4) is 0 Å². The monoisotopic (exact) mass is 306 g/mol. The summed E-state index contributed by atoms with van der Waals surface area (Å²) in [5, 5.41) is 9.34. The average molecular weight is 306 g/mol. The molecule has 0 unspecified atom stereocenters. The first-order chi connectivity index (χ1) is 9.70. The molecule has 1 N–H and O–H groups in total. The number of aliphatic imine (C=N–C) groups is 1. The summed E-state index contributed by atoms with van der Waals surface area (Å²) in [6.07, 6.45) is 3.05. The Bertz CT molecular complexity index is 661. The topological polar surface area (TPSA) is 82.0 Å². The zero-order valence-corrected chi connectivity index (χ0v) is 12.1. The molecule has 0 bridgehead atoms. The fourth-order valence-corrected chi connectivity index (χ4v) is 3.31. The minimum absolute atomic E-state index is 0.0844. The highest BCUT2D eigenvalue weighted by atomic mass is 32.2. The molecule has 2 aliphatic rings. The van der Waals surface area contributed by atoms with Gasteiger partial charge in [-0.05, 0) is 24.0 Å². The third-order valence-electron chi connectivity index (χ3n) is 2.60. The zero-order chi connectivity index (χ0) is 14.1. The van der Waals surface area contributed by atoms with Gasteiger partial charge >= 0.3 is 0 Å². The molecule has 0 saturated heterocycles. The molecule has 0 aliphatic carbocycles. The zero-order valence-electron chi connectivity index (χ0n) is 10.5. The lowest BCUT2D eigenvalue weighted by atomic mass is 10.1. The van der Waals surface area contributed by atoms with Crippen molar-refractivity contribution in [2.45, 2.75) is 6.92 Å². The number of furan rings is 1. The standard InChI is InChI=1S/C12H10N4O2S2/c1-2-19-12-15-20-11-14-10(17)8(9(13)16(11)12)6-7-4-3-5-18-7/h3-6,13H,2H2,1H3. The second-order valence-corrected chi connectivity index (χ2v) is 5.82. The summed E-state index contributed by atoms with van der Waals surface area (Å²) in [4.78, 5) is 17.6. The lowest BCUT2D eigenvalue weighted by Gasteiger charge is -2.23. The van der Waals surface area contributed by atoms with Crippen LogP contribution in [-0.4, -0.2) is 32.7 Å². The Kier molecular flexibility index (Phi) is 3.49. The van der Waals surface area contributed by atoms with Crippen LogP contribution in [0.2, 0.25) is 0 Å². The number of nitrogens with one attached hydrogen (secondary N) is 1. The van der Waals surface area contributed by atoms with E-state index in [-0.39, 0.29) is 11.4 Å². The molecule has 0 saturated carbocycles. The number of carbonyl (C=O) groups excluding carboxylic acids is 1. The maximum atomic E-state index is 12.0. The first-order valence-corrected chi connectivity index (χ1v) is 7.61. The van der Waals surface area contributed by atoms with Crippen molar-refractivity contribution in [2.75, 3.05) is 5.75 Å². The predicted octanol–water partition coefficient (Wildman–Crippen LogP) is 2.61. The fraction of sp³-hybridized carbons (Fsp3) is 0.167. The molecule has 0 fully saturated rings. The van der Waals surface area contributed by atoms with Crippen LogP contribution in [0.1, 0.15) is 12.7 Å². The van der Waals surface area contributed by atoms with E-state index in [1.54, 1.807) is 17.0 Å². The van der Waals surface area contributed by atoms with Gasteiger partial charge in [0.15, 0.2) is 5.17 Å². The Hall–Kier alpha value is -1.80. The van der Waals surface area contributed by atoms with Crippen molar-refractivity contribution in [2.24, 2.45) is 9.39 Å². The Labute approximate surface area is 123 Å². The number of nitrogens with zero attached hydrogens (tertiary/aromatic N) is 3. The van der Waals surface area contributed by atoms with Gasteiger partial charge in [-0.1, -0.05) is 18.7 Å². The van der Waals surface area contributed by atoms with E-state index in [0.717, 1.165) is 17.7 Å². The van der Waals surface area contributed by atoms with Crippen LogP contribution in [0.15, 0.2) is 37.8 Å². The van der Waals surface area contributed by atoms with Gasteiger partial charge < -0.3 is 4.42 Å². The highest BCUT2D eigenvalue weighted by Crippen LogP contribution is 2.31. The van der Waals surface area contributed by atoms with Crippen molar-refractivity contribution >= 4 is 51.9 Å². The van der Waals surface area contributed by atoms with Crippen molar-refractivity contribution in [1.29, 1.82) is 5.41 Å². The van der Waals surface area contributed by atoms with Gasteiger partial charge in [0.05, 0.1) is 23.8 Å². The number of carbonyl (C=O) groups is 1. The number of thioether (sulfide) groups is 1. The summed E-state index contributed by atoms with van der Waals surface area (Å²) in [5.41, 5.74) is 0.204. The number of rotatable bonds is 2. The number of amidine groups is 3. The Morgan fingerprint density at radius 1 is 1.60 bits per heavy atom. The summed E-state index contributed by atoms with van der Waals surface area (Å²) >= 11 is 2.63. The Morgan fingerprint density at radius 3 is 3.15 bits per heavy atom. The largest absolute Gasteiger partial charge is 0.465 e. The highest BCUT2D eigenvalue weighted by Gasteiger charge is 2.37. The van der Waals surface area contributed by atoms with Gasteiger partial charge in [0, 0.05) is 0 Å². The smallest absolute Gasteiger partial charge is 0.283 e. The number of fused-ring (bicyclic) bond motifs is 1. The quantitative estimate of drug-likeness (QED) is 0.671. The lowest BCUT2D eigenvalue weighted by molar-refractivity contribution is -0.114. The van der Waals surface area contributed by atoms with Gasteiger partial charge in [0.2, 0.25) is 5.17 Å². The molecular weight excluding hydrogens is 296 g/mol. The van der Waals surface area contributed by atoms with Crippen molar-refractivity contribution in [3.8, 4) is 0 Å². The molecule has 102 valence electrons. The molecule has 20 heavy (non-hydrogen) atoms. The van der Waals surface area contributed by atoms with Gasteiger partial charge in [-0.2, -0.15) is 9.39 Å². The van der Waals surface area contributed by atoms with Gasteiger partial charge in [-0.15, -0.1) is 0 Å². The molecule has 0 radical (unpaired) electrons. The molecule has 8 heteroatoms. The second-order valence-electron chi connectivity index (χ2n) is 3.86. The molecule has 1 amide bonds. The van der Waals surface area contributed by atoms with Gasteiger partial charge in [-0.3, -0.25) is 10.2 Å². The fourth-order valence-electron chi connectivity index (χ4n) is 1.74. The summed E-state index contributed by atoms with van der Waals surface area (Å²) in [6.45, 7) is 2.01. The maximum absolute atomic E-state index is 12.0. The molecule has 2 aliphatic heterocycles. The van der Waals surface area contributed by atoms with Crippen molar-refractivity contribution < 1.29 is 9.21 Å². The van der Waals surface area contributed by atoms with Crippen molar-refractivity contribution in [1.82, 2.24) is 4.90 Å². The molecule has 0 atom stereocenters. The van der Waals surface area contributed by atoms with E-state index in [2.05, 4.69) is 9.39 Å². The van der Waals surface area contributed by atoms with Gasteiger partial charge in [0.25, 0.3) is 5.91 Å². The van der Waals surface area contributed by atoms with Crippen LogP contribution >= 0.6 is 23.7 Å². The van der Waals surface area contributed by atoms with Gasteiger partial charge in [0.1, 0.15) is 11.6 Å². The van der Waals surface area contributed by atoms with Crippen LogP contribution in [0.25, 0.3) is 6.08 Å². The number of amides is 1. The molecule has 3 rings (SSSR count). The van der Waals surface area contributed by atoms with E-state index in [9.17, 15) is 4.79 Å². The van der Waals surface area contributed by atoms with Crippen LogP contribution in [0.4, 0.5) is 0 Å². The first-order valence-electron chi connectivity index (χ1n) is 5.85. The number of hydrogen-bond donors (Lipinski definition) is 1. The summed E-state index contributed by atoms with van der Waals surface area (Å²) in [6, 6.07) is 3.45. The molecule has 0 aromatic carbocycles. The molecular formula is C12H10N4O2S2. The molecule has 3 heterocycles. The van der Waals surface area contributed by atoms with E-state index < -0.39 is 5.91 Å². The number of hydrogen-bond acceptors (Lipinski definition) is 6. The second kappa shape index (κ2) is 5.29. The van der Waals surface area contributed by atoms with E-state index in [1.165, 1.54) is 24.1 Å². The average Bonchev–Trinajstić information content (AvgIpc) is 3.05. The molecule has 1 aromatic rings. The van der Waals surface area contributed by atoms with Crippen LogP contribution in [-0.2, 0) is 4.79 Å². The Balaban J connectivity index is 1.98. The summed E-state index contributed by atoms with van der Waals surface area (Å²) < 4.78 is 9.42. The third kappa shape index (κ3) is 2.20. The lowest BCUT2D eigenvalue weighted by Crippen LogP contribution is -2.41. The van der Waals surface area contributed by atoms with E-state index in [1.807, 2.05) is 6.92 Å². The Morgan fingerprint density at radius 2 is 2.45 bits per heavy atom. The van der Waals surface area contributed by atoms with Crippen LogP contribution in [0.5, 0.6) is 0 Å². The molecule has 1 aromatic heterocycles. The van der Waals surface area contributed by atoms with Crippen molar-refractivity contribution in [3.63, 3.8) is 0 Å². The maximum Gasteiger partial charge on any atom is 0.283 e. The highest BCUT2D eigenvalue weighted by molar-refractivity contribution is 8.19. The summed E-state index contributed by atoms with van der Waals surface area (Å²) in [5.74, 6) is 0.996. The molecule has 6 nitrogen and oxygen atoms in total. The van der Waals surface area contributed by atoms with E-state index >= 15 is 0 Å². The normalized spacial score (nSPS) is 20.2. The van der Waals surface area contributed by atoms with E-state index in [0.29, 0.717) is 16.1 Å². The third-order valence-corrected chi connectivity index (χ3v) is 4.24. The van der Waals surface area contributed by atoms with Gasteiger partial charge in [-0.25, -0.2) is 4.90 Å². The van der Waals surface area contributed by atoms with E-state index in [4.69, 9.17) is 9.83 Å². The minimum atomic E-state index is -0.442. The van der Waals surface area contributed by atoms with Crippen LogP contribution < -0.4 is 0 Å². The van der Waals surface area contributed by atoms with Crippen LogP contribution in [0, 0.1) is 5.41 Å². The summed E-state index contributed by atoms with van der Waals surface area (Å²) in [7, 11) is 0. The SMILES string of the molecule is CCSC1=NSC2=NC(=O)C(=Cc3ccco3)C(=N)N12. The minimum Gasteiger partial charge on any atom is -0.465 e.